The van der Waals surface area contributed by atoms with Crippen molar-refractivity contribution in [3.63, 3.8) is 0 Å². The van der Waals surface area contributed by atoms with E-state index >= 15 is 0 Å². The van der Waals surface area contributed by atoms with Crippen LogP contribution in [0.4, 0.5) is 10.1 Å². The Kier molecular flexibility index (Phi) is 8.57. The van der Waals surface area contributed by atoms with Crippen molar-refractivity contribution in [3.8, 4) is 0 Å². The third kappa shape index (κ3) is 7.63. The minimum absolute atomic E-state index is 0.0144. The van der Waals surface area contributed by atoms with Crippen molar-refractivity contribution in [1.82, 2.24) is 15.5 Å². The van der Waals surface area contributed by atoms with Crippen LogP contribution < -0.4 is 16.0 Å². The van der Waals surface area contributed by atoms with Crippen LogP contribution in [-0.4, -0.2) is 48.2 Å². The first-order chi connectivity index (χ1) is 16.7. The van der Waals surface area contributed by atoms with Crippen LogP contribution in [0.3, 0.4) is 0 Å². The molecule has 1 aliphatic carbocycles. The monoisotopic (exact) mass is 482 g/mol. The highest BCUT2D eigenvalue weighted by molar-refractivity contribution is 5.98. The number of anilines is 1. The number of carbonyl (C=O) groups is 4. The average Bonchev–Trinajstić information content (AvgIpc) is 3.63. The summed E-state index contributed by atoms with van der Waals surface area (Å²) in [6.07, 6.45) is 2.19. The molecule has 0 unspecified atom stereocenters. The number of rotatable bonds is 10. The molecular weight excluding hydrogens is 451 g/mol. The highest BCUT2D eigenvalue weighted by Gasteiger charge is 2.24. The van der Waals surface area contributed by atoms with E-state index in [1.165, 1.54) is 24.1 Å². The molecule has 0 radical (unpaired) electrons. The second kappa shape index (κ2) is 11.6. The second-order valence-corrected chi connectivity index (χ2v) is 9.12. The van der Waals surface area contributed by atoms with E-state index in [0.717, 1.165) is 18.9 Å². The summed E-state index contributed by atoms with van der Waals surface area (Å²) in [5.74, 6) is -2.07. The summed E-state index contributed by atoms with van der Waals surface area (Å²) in [6.45, 7) is 3.57. The van der Waals surface area contributed by atoms with Gasteiger partial charge in [-0.3, -0.25) is 19.2 Å². The van der Waals surface area contributed by atoms with Gasteiger partial charge in [0.1, 0.15) is 12.4 Å². The average molecular weight is 483 g/mol. The topological polar surface area (TPSA) is 108 Å². The summed E-state index contributed by atoms with van der Waals surface area (Å²) < 4.78 is 14.7. The van der Waals surface area contributed by atoms with E-state index in [-0.39, 0.29) is 60.4 Å². The summed E-state index contributed by atoms with van der Waals surface area (Å²) in [6, 6.07) is 10.8. The van der Waals surface area contributed by atoms with Crippen molar-refractivity contribution in [2.75, 3.05) is 18.9 Å². The molecule has 4 amide bonds. The smallest absolute Gasteiger partial charge is 0.254 e. The highest BCUT2D eigenvalue weighted by Crippen LogP contribution is 2.21. The molecular formula is C26H31FN4O4. The highest BCUT2D eigenvalue weighted by atomic mass is 19.1. The van der Waals surface area contributed by atoms with Crippen LogP contribution in [0, 0.1) is 11.7 Å². The molecule has 1 saturated carbocycles. The molecule has 0 heterocycles. The SMILES string of the molecule is CNC(=O)CN(Cc1cccc(C(=O)NC2CC2)c1)C(=O)c1ccc(NC(=O)CC(C)C)c(F)c1. The minimum Gasteiger partial charge on any atom is -0.358 e. The van der Waals surface area contributed by atoms with Crippen molar-refractivity contribution in [1.29, 1.82) is 0 Å². The molecule has 0 atom stereocenters. The molecule has 0 bridgehead atoms. The largest absolute Gasteiger partial charge is 0.358 e. The molecule has 186 valence electrons. The van der Waals surface area contributed by atoms with E-state index < -0.39 is 11.7 Å². The predicted octanol–water partition coefficient (Wildman–Crippen LogP) is 3.09. The lowest BCUT2D eigenvalue weighted by Crippen LogP contribution is -2.39. The van der Waals surface area contributed by atoms with Crippen LogP contribution in [-0.2, 0) is 16.1 Å². The Labute approximate surface area is 204 Å². The maximum Gasteiger partial charge on any atom is 0.254 e. The zero-order chi connectivity index (χ0) is 25.5. The standard InChI is InChI=1S/C26H31FN4O4/c1-16(2)11-23(32)30-22-10-7-19(13-21(22)27)26(35)31(15-24(33)28-3)14-17-5-4-6-18(12-17)25(34)29-20-8-9-20/h4-7,10,12-13,16,20H,8-9,11,14-15H2,1-3H3,(H,28,33)(H,29,34)(H,30,32). The fourth-order valence-corrected chi connectivity index (χ4v) is 3.48. The third-order valence-corrected chi connectivity index (χ3v) is 5.46. The Hall–Kier alpha value is -3.75. The molecule has 3 rings (SSSR count). The zero-order valence-corrected chi connectivity index (χ0v) is 20.2. The van der Waals surface area contributed by atoms with Crippen molar-refractivity contribution in [3.05, 3.63) is 65.0 Å². The molecule has 8 nitrogen and oxygen atoms in total. The number of nitrogens with one attached hydrogen (secondary N) is 3. The maximum atomic E-state index is 14.7. The fraction of sp³-hybridized carbons (Fsp3) is 0.385. The van der Waals surface area contributed by atoms with Crippen molar-refractivity contribution < 1.29 is 23.6 Å². The molecule has 0 aromatic heterocycles. The van der Waals surface area contributed by atoms with E-state index in [2.05, 4.69) is 16.0 Å². The number of halogens is 1. The van der Waals surface area contributed by atoms with Crippen molar-refractivity contribution in [2.45, 2.75) is 45.7 Å². The number of hydrogen-bond acceptors (Lipinski definition) is 4. The molecule has 3 N–H and O–H groups in total. The second-order valence-electron chi connectivity index (χ2n) is 9.12. The van der Waals surface area contributed by atoms with Gasteiger partial charge in [-0.05, 0) is 54.7 Å². The van der Waals surface area contributed by atoms with E-state index in [1.54, 1.807) is 24.3 Å². The fourth-order valence-electron chi connectivity index (χ4n) is 3.48. The molecule has 2 aromatic rings. The van der Waals surface area contributed by atoms with Gasteiger partial charge in [-0.25, -0.2) is 4.39 Å². The van der Waals surface area contributed by atoms with Crippen LogP contribution >= 0.6 is 0 Å². The van der Waals surface area contributed by atoms with Crippen molar-refractivity contribution >= 4 is 29.3 Å². The Bertz CT molecular complexity index is 1110. The van der Waals surface area contributed by atoms with Gasteiger partial charge in [0.05, 0.1) is 5.69 Å². The van der Waals surface area contributed by atoms with E-state index in [4.69, 9.17) is 0 Å². The van der Waals surface area contributed by atoms with Crippen LogP contribution in [0.15, 0.2) is 42.5 Å². The lowest BCUT2D eigenvalue weighted by atomic mass is 10.1. The van der Waals surface area contributed by atoms with Gasteiger partial charge >= 0.3 is 0 Å². The van der Waals surface area contributed by atoms with Gasteiger partial charge in [-0.1, -0.05) is 26.0 Å². The number of carbonyl (C=O) groups excluding carboxylic acids is 4. The number of amides is 4. The molecule has 0 aliphatic heterocycles. The van der Waals surface area contributed by atoms with Gasteiger partial charge in [0.15, 0.2) is 0 Å². The molecule has 1 aliphatic rings. The zero-order valence-electron chi connectivity index (χ0n) is 20.2. The summed E-state index contributed by atoms with van der Waals surface area (Å²) in [7, 11) is 1.46. The number of likely N-dealkylation sites (N-methyl/N-ethyl adjacent to an activating group) is 1. The molecule has 35 heavy (non-hydrogen) atoms. The van der Waals surface area contributed by atoms with Crippen LogP contribution in [0.5, 0.6) is 0 Å². The normalized spacial score (nSPS) is 12.7. The Morgan fingerprint density at radius 1 is 1.03 bits per heavy atom. The number of benzene rings is 2. The molecule has 9 heteroatoms. The first-order valence-electron chi connectivity index (χ1n) is 11.6. The van der Waals surface area contributed by atoms with Crippen molar-refractivity contribution in [2.24, 2.45) is 5.92 Å². The molecule has 1 fully saturated rings. The van der Waals surface area contributed by atoms with Crippen LogP contribution in [0.1, 0.15) is 59.4 Å². The van der Waals surface area contributed by atoms with Gasteiger partial charge in [0.2, 0.25) is 11.8 Å². The number of nitrogens with zero attached hydrogens (tertiary/aromatic N) is 1. The van der Waals surface area contributed by atoms with Crippen LogP contribution in [0.25, 0.3) is 0 Å². The first-order valence-corrected chi connectivity index (χ1v) is 11.6. The summed E-state index contributed by atoms with van der Waals surface area (Å²) >= 11 is 0. The van der Waals surface area contributed by atoms with Gasteiger partial charge in [-0.2, -0.15) is 0 Å². The van der Waals surface area contributed by atoms with Crippen LogP contribution in [0.2, 0.25) is 0 Å². The van der Waals surface area contributed by atoms with E-state index in [0.29, 0.717) is 11.1 Å². The lowest BCUT2D eigenvalue weighted by molar-refractivity contribution is -0.121. The van der Waals surface area contributed by atoms with Gasteiger partial charge in [0, 0.05) is 37.2 Å². The van der Waals surface area contributed by atoms with E-state index in [1.807, 2.05) is 13.8 Å². The first kappa shape index (κ1) is 25.9. The van der Waals surface area contributed by atoms with Gasteiger partial charge in [0.25, 0.3) is 11.8 Å². The summed E-state index contributed by atoms with van der Waals surface area (Å²) in [5, 5.41) is 7.92. The Balaban J connectivity index is 1.77. The van der Waals surface area contributed by atoms with Gasteiger partial charge in [-0.15, -0.1) is 0 Å². The minimum atomic E-state index is -0.744. The maximum absolute atomic E-state index is 14.7. The quantitative estimate of drug-likeness (QED) is 0.484. The van der Waals surface area contributed by atoms with Gasteiger partial charge < -0.3 is 20.9 Å². The summed E-state index contributed by atoms with van der Waals surface area (Å²) in [5.41, 5.74) is 1.15. The Morgan fingerprint density at radius 2 is 1.77 bits per heavy atom. The molecule has 0 saturated heterocycles. The van der Waals surface area contributed by atoms with E-state index in [9.17, 15) is 23.6 Å². The molecule has 2 aromatic carbocycles. The molecule has 0 spiro atoms. The third-order valence-electron chi connectivity index (χ3n) is 5.46. The lowest BCUT2D eigenvalue weighted by Gasteiger charge is -2.23. The number of hydrogen-bond donors (Lipinski definition) is 3. The predicted molar refractivity (Wildman–Crippen MR) is 130 cm³/mol. The Morgan fingerprint density at radius 3 is 2.40 bits per heavy atom. The summed E-state index contributed by atoms with van der Waals surface area (Å²) in [4.78, 5) is 51.0.